The van der Waals surface area contributed by atoms with E-state index in [1.54, 1.807) is 19.1 Å². The molecule has 0 spiro atoms. The van der Waals surface area contributed by atoms with E-state index < -0.39 is 16.8 Å². The van der Waals surface area contributed by atoms with E-state index in [0.29, 0.717) is 22.0 Å². The number of hydrogen-bond acceptors (Lipinski definition) is 6. The molecule has 1 aromatic carbocycles. The van der Waals surface area contributed by atoms with Crippen molar-refractivity contribution in [2.45, 2.75) is 53.4 Å². The Bertz CT molecular complexity index is 1040. The molecular formula is C23H28N2O5S. The standard InChI is InChI=1S/C23H28N2O5S/c1-6-23(3,4)15-9-10-16-18(12-15)31-21(19(16)22(27)30-5)24-20(26)14-8-7-13(2)17(11-14)25(28)29/h7-8,11,15H,6,9-10,12H2,1-5H3,(H,24,26). The lowest BCUT2D eigenvalue weighted by atomic mass is 9.69. The first-order chi connectivity index (χ1) is 14.6. The van der Waals surface area contributed by atoms with Crippen LogP contribution in [-0.4, -0.2) is 23.9 Å². The predicted molar refractivity (Wildman–Crippen MR) is 121 cm³/mol. The highest BCUT2D eigenvalue weighted by atomic mass is 32.1. The van der Waals surface area contributed by atoms with Gasteiger partial charge in [-0.15, -0.1) is 11.3 Å². The summed E-state index contributed by atoms with van der Waals surface area (Å²) < 4.78 is 5.00. The summed E-state index contributed by atoms with van der Waals surface area (Å²) in [6.45, 7) is 8.35. The van der Waals surface area contributed by atoms with E-state index in [4.69, 9.17) is 4.74 Å². The van der Waals surface area contributed by atoms with E-state index in [2.05, 4.69) is 26.1 Å². The third kappa shape index (κ3) is 4.49. The number of benzene rings is 1. The van der Waals surface area contributed by atoms with Gasteiger partial charge < -0.3 is 10.1 Å². The van der Waals surface area contributed by atoms with Crippen molar-refractivity contribution in [1.82, 2.24) is 0 Å². The molecule has 2 aromatic rings. The summed E-state index contributed by atoms with van der Waals surface area (Å²) in [6, 6.07) is 4.35. The van der Waals surface area contributed by atoms with E-state index in [9.17, 15) is 19.7 Å². The summed E-state index contributed by atoms with van der Waals surface area (Å²) in [7, 11) is 1.33. The SMILES string of the molecule is CCC(C)(C)C1CCc2c(sc(NC(=O)c3ccc(C)c([N+](=O)[O-])c3)c2C(=O)OC)C1. The average Bonchev–Trinajstić information content (AvgIpc) is 3.10. The van der Waals surface area contributed by atoms with Crippen molar-refractivity contribution >= 4 is 33.9 Å². The highest BCUT2D eigenvalue weighted by Crippen LogP contribution is 2.45. The zero-order valence-electron chi connectivity index (χ0n) is 18.5. The molecule has 7 nitrogen and oxygen atoms in total. The maximum atomic E-state index is 12.9. The number of nitro benzene ring substituents is 1. The Balaban J connectivity index is 1.95. The number of thiophene rings is 1. The number of hydrogen-bond donors (Lipinski definition) is 1. The first kappa shape index (κ1) is 22.9. The van der Waals surface area contributed by atoms with Crippen LogP contribution in [0.4, 0.5) is 10.7 Å². The summed E-state index contributed by atoms with van der Waals surface area (Å²) >= 11 is 1.41. The minimum absolute atomic E-state index is 0.115. The largest absolute Gasteiger partial charge is 0.465 e. The number of aryl methyl sites for hydroxylation is 1. The monoisotopic (exact) mass is 444 g/mol. The topological polar surface area (TPSA) is 98.5 Å². The minimum Gasteiger partial charge on any atom is -0.465 e. The number of carbonyl (C=O) groups is 2. The van der Waals surface area contributed by atoms with Gasteiger partial charge in [-0.2, -0.15) is 0 Å². The number of nitrogens with one attached hydrogen (secondary N) is 1. The van der Waals surface area contributed by atoms with Crippen LogP contribution in [0.5, 0.6) is 0 Å². The third-order valence-electron chi connectivity index (χ3n) is 6.57. The number of amides is 1. The van der Waals surface area contributed by atoms with Gasteiger partial charge in [0, 0.05) is 22.1 Å². The molecule has 0 bridgehead atoms. The van der Waals surface area contributed by atoms with Gasteiger partial charge in [0.2, 0.25) is 0 Å². The Morgan fingerprint density at radius 1 is 1.35 bits per heavy atom. The fraction of sp³-hybridized carbons (Fsp3) is 0.478. The average molecular weight is 445 g/mol. The van der Waals surface area contributed by atoms with Crippen LogP contribution >= 0.6 is 11.3 Å². The number of ether oxygens (including phenoxy) is 1. The lowest BCUT2D eigenvalue weighted by Crippen LogP contribution is -2.28. The molecule has 8 heteroatoms. The van der Waals surface area contributed by atoms with Gasteiger partial charge in [-0.25, -0.2) is 4.79 Å². The molecule has 166 valence electrons. The van der Waals surface area contributed by atoms with Crippen LogP contribution in [0.25, 0.3) is 0 Å². The van der Waals surface area contributed by atoms with Crippen molar-refractivity contribution in [1.29, 1.82) is 0 Å². The number of carbonyl (C=O) groups excluding carboxylic acids is 2. The Labute approximate surface area is 186 Å². The maximum absolute atomic E-state index is 12.9. The van der Waals surface area contributed by atoms with Crippen molar-refractivity contribution in [3.05, 3.63) is 55.4 Å². The summed E-state index contributed by atoms with van der Waals surface area (Å²) in [5.74, 6) is -0.467. The van der Waals surface area contributed by atoms with Crippen molar-refractivity contribution in [2.75, 3.05) is 12.4 Å². The fourth-order valence-electron chi connectivity index (χ4n) is 4.07. The highest BCUT2D eigenvalue weighted by Gasteiger charge is 2.35. The Hall–Kier alpha value is -2.74. The maximum Gasteiger partial charge on any atom is 0.341 e. The van der Waals surface area contributed by atoms with Gasteiger partial charge in [-0.3, -0.25) is 14.9 Å². The van der Waals surface area contributed by atoms with Crippen LogP contribution in [0.15, 0.2) is 18.2 Å². The first-order valence-electron chi connectivity index (χ1n) is 10.4. The lowest BCUT2D eigenvalue weighted by Gasteiger charge is -2.36. The molecule has 1 aliphatic rings. The number of nitrogens with zero attached hydrogens (tertiary/aromatic N) is 1. The van der Waals surface area contributed by atoms with E-state index in [0.717, 1.165) is 36.1 Å². The van der Waals surface area contributed by atoms with E-state index in [1.165, 1.54) is 24.5 Å². The Kier molecular flexibility index (Phi) is 6.50. The van der Waals surface area contributed by atoms with E-state index >= 15 is 0 Å². The molecule has 1 aromatic heterocycles. The van der Waals surface area contributed by atoms with Crippen LogP contribution in [0.3, 0.4) is 0 Å². The fourth-order valence-corrected chi connectivity index (χ4v) is 5.38. The van der Waals surface area contributed by atoms with Crippen molar-refractivity contribution in [3.63, 3.8) is 0 Å². The van der Waals surface area contributed by atoms with Crippen LogP contribution in [-0.2, 0) is 17.6 Å². The minimum atomic E-state index is -0.508. The second kappa shape index (κ2) is 8.78. The van der Waals surface area contributed by atoms with Crippen LogP contribution in [0, 0.1) is 28.4 Å². The van der Waals surface area contributed by atoms with Gasteiger partial charge in [-0.05, 0) is 49.1 Å². The molecule has 1 aliphatic carbocycles. The molecule has 3 rings (SSSR count). The number of methoxy groups -OCH3 is 1. The second-order valence-electron chi connectivity index (χ2n) is 8.69. The van der Waals surface area contributed by atoms with E-state index in [-0.39, 0.29) is 16.7 Å². The molecule has 0 radical (unpaired) electrons. The molecule has 0 saturated carbocycles. The lowest BCUT2D eigenvalue weighted by molar-refractivity contribution is -0.385. The smallest absolute Gasteiger partial charge is 0.341 e. The molecular weight excluding hydrogens is 416 g/mol. The first-order valence-corrected chi connectivity index (χ1v) is 11.2. The summed E-state index contributed by atoms with van der Waals surface area (Å²) in [5.41, 5.74) is 2.08. The van der Waals surface area contributed by atoms with Crippen LogP contribution < -0.4 is 5.32 Å². The van der Waals surface area contributed by atoms with Gasteiger partial charge >= 0.3 is 5.97 Å². The molecule has 1 atom stereocenters. The van der Waals surface area contributed by atoms with Crippen molar-refractivity contribution in [2.24, 2.45) is 11.3 Å². The molecule has 1 heterocycles. The van der Waals surface area contributed by atoms with Gasteiger partial charge in [-0.1, -0.05) is 33.3 Å². The summed E-state index contributed by atoms with van der Waals surface area (Å²) in [6.07, 6.45) is 3.66. The number of fused-ring (bicyclic) bond motifs is 1. The Morgan fingerprint density at radius 3 is 2.68 bits per heavy atom. The van der Waals surface area contributed by atoms with Crippen LogP contribution in [0.1, 0.15) is 70.3 Å². The third-order valence-corrected chi connectivity index (χ3v) is 7.74. The molecule has 1 unspecified atom stereocenters. The van der Waals surface area contributed by atoms with E-state index in [1.807, 2.05) is 0 Å². The number of esters is 1. The van der Waals surface area contributed by atoms with Gasteiger partial charge in [0.1, 0.15) is 5.00 Å². The van der Waals surface area contributed by atoms with Crippen molar-refractivity contribution < 1.29 is 19.2 Å². The summed E-state index contributed by atoms with van der Waals surface area (Å²) in [4.78, 5) is 37.2. The Morgan fingerprint density at radius 2 is 2.06 bits per heavy atom. The number of nitro groups is 1. The summed E-state index contributed by atoms with van der Waals surface area (Å²) in [5, 5.41) is 14.5. The van der Waals surface area contributed by atoms with Gasteiger partial charge in [0.25, 0.3) is 11.6 Å². The zero-order valence-corrected chi connectivity index (χ0v) is 19.4. The molecule has 1 amide bonds. The predicted octanol–water partition coefficient (Wildman–Crippen LogP) is 5.54. The normalized spacial score (nSPS) is 15.8. The van der Waals surface area contributed by atoms with Gasteiger partial charge in [0.15, 0.2) is 0 Å². The van der Waals surface area contributed by atoms with Gasteiger partial charge in [0.05, 0.1) is 17.6 Å². The molecule has 1 N–H and O–H groups in total. The molecule has 0 aliphatic heterocycles. The second-order valence-corrected chi connectivity index (χ2v) is 9.80. The quantitative estimate of drug-likeness (QED) is 0.358. The number of rotatable bonds is 6. The highest BCUT2D eigenvalue weighted by molar-refractivity contribution is 7.17. The molecule has 0 fully saturated rings. The zero-order chi connectivity index (χ0) is 22.9. The van der Waals surface area contributed by atoms with Crippen LogP contribution in [0.2, 0.25) is 0 Å². The molecule has 31 heavy (non-hydrogen) atoms. The van der Waals surface area contributed by atoms with Crippen molar-refractivity contribution in [3.8, 4) is 0 Å². The molecule has 0 saturated heterocycles. The number of anilines is 1.